The second-order valence-corrected chi connectivity index (χ2v) is 9.77. The standard InChI is InChI=1S/C30H42N4O6/c1-21-13-15-25(40-18-7-6-17-31)19-24(21)20-32-29(38)27(16-14-23-9-4-3-5-10-23)34-30(39)26(33-22(2)35)11-8-12-28(36)37/h3-5,9-10,13,15,19,26-27H,6-8,11-12,14,16-18,20,31H2,1-2H3,(H,32,38)(H,33,35)(H,34,39)(H,36,37). The average molecular weight is 555 g/mol. The topological polar surface area (TPSA) is 160 Å². The molecule has 2 aromatic rings. The van der Waals surface area contributed by atoms with Crippen LogP contribution in [0, 0.1) is 6.92 Å². The molecule has 218 valence electrons. The molecule has 0 radical (unpaired) electrons. The summed E-state index contributed by atoms with van der Waals surface area (Å²) >= 11 is 0. The number of carboxylic acids is 1. The van der Waals surface area contributed by atoms with Crippen molar-refractivity contribution in [3.63, 3.8) is 0 Å². The van der Waals surface area contributed by atoms with E-state index >= 15 is 0 Å². The highest BCUT2D eigenvalue weighted by Crippen LogP contribution is 2.18. The SMILES string of the molecule is CC(=O)NC(CCCC(=O)O)C(=O)NC(CCc1ccccc1)C(=O)NCc1cc(OCCCCN)ccc1C. The molecule has 0 heterocycles. The van der Waals surface area contributed by atoms with Crippen LogP contribution >= 0.6 is 0 Å². The van der Waals surface area contributed by atoms with E-state index in [4.69, 9.17) is 15.6 Å². The normalized spacial score (nSPS) is 12.2. The largest absolute Gasteiger partial charge is 0.494 e. The van der Waals surface area contributed by atoms with Crippen LogP contribution in [-0.2, 0) is 32.1 Å². The van der Waals surface area contributed by atoms with Crippen molar-refractivity contribution < 1.29 is 29.0 Å². The molecule has 0 aliphatic rings. The Balaban J connectivity index is 2.11. The Morgan fingerprint density at radius 3 is 2.33 bits per heavy atom. The zero-order chi connectivity index (χ0) is 29.3. The first-order valence-electron chi connectivity index (χ1n) is 13.7. The first-order valence-corrected chi connectivity index (χ1v) is 13.7. The number of hydrogen-bond acceptors (Lipinski definition) is 6. The number of aliphatic carboxylic acids is 1. The van der Waals surface area contributed by atoms with E-state index in [9.17, 15) is 19.2 Å². The second kappa shape index (κ2) is 17.6. The van der Waals surface area contributed by atoms with E-state index in [0.29, 0.717) is 31.7 Å². The summed E-state index contributed by atoms with van der Waals surface area (Å²) in [7, 11) is 0. The van der Waals surface area contributed by atoms with Gasteiger partial charge in [0, 0.05) is 19.9 Å². The Bertz CT molecular complexity index is 1110. The number of carbonyl (C=O) groups is 4. The molecule has 2 atom stereocenters. The van der Waals surface area contributed by atoms with Crippen molar-refractivity contribution >= 4 is 23.7 Å². The minimum Gasteiger partial charge on any atom is -0.494 e. The quantitative estimate of drug-likeness (QED) is 0.177. The lowest BCUT2D eigenvalue weighted by Gasteiger charge is -2.23. The van der Waals surface area contributed by atoms with Crippen LogP contribution in [0.5, 0.6) is 5.75 Å². The van der Waals surface area contributed by atoms with Crippen LogP contribution in [-0.4, -0.2) is 54.0 Å². The minimum absolute atomic E-state index is 0.129. The van der Waals surface area contributed by atoms with Crippen molar-refractivity contribution in [3.05, 3.63) is 65.2 Å². The number of ether oxygens (including phenoxy) is 1. The van der Waals surface area contributed by atoms with Gasteiger partial charge < -0.3 is 31.5 Å². The number of carboxylic acid groups (broad SMARTS) is 1. The first kappa shape index (κ1) is 32.3. The third-order valence-electron chi connectivity index (χ3n) is 6.42. The molecule has 3 amide bonds. The van der Waals surface area contributed by atoms with E-state index in [1.807, 2.05) is 55.5 Å². The summed E-state index contributed by atoms with van der Waals surface area (Å²) in [4.78, 5) is 49.1. The number of benzene rings is 2. The van der Waals surface area contributed by atoms with Crippen LogP contribution in [0.1, 0.15) is 62.1 Å². The second-order valence-electron chi connectivity index (χ2n) is 9.77. The number of carbonyl (C=O) groups excluding carboxylic acids is 3. The van der Waals surface area contributed by atoms with Gasteiger partial charge in [-0.05, 0) is 80.8 Å². The van der Waals surface area contributed by atoms with E-state index in [2.05, 4.69) is 16.0 Å². The molecule has 40 heavy (non-hydrogen) atoms. The summed E-state index contributed by atoms with van der Waals surface area (Å²) in [6.45, 7) is 4.65. The van der Waals surface area contributed by atoms with E-state index in [0.717, 1.165) is 29.5 Å². The summed E-state index contributed by atoms with van der Waals surface area (Å²) in [5.74, 6) is -1.58. The van der Waals surface area contributed by atoms with Crippen molar-refractivity contribution in [2.45, 2.75) is 77.4 Å². The Hall–Kier alpha value is -3.92. The van der Waals surface area contributed by atoms with Gasteiger partial charge in [0.2, 0.25) is 17.7 Å². The predicted molar refractivity (Wildman–Crippen MR) is 153 cm³/mol. The van der Waals surface area contributed by atoms with Crippen molar-refractivity contribution in [2.75, 3.05) is 13.2 Å². The minimum atomic E-state index is -0.984. The van der Waals surface area contributed by atoms with E-state index < -0.39 is 29.9 Å². The van der Waals surface area contributed by atoms with Crippen LogP contribution in [0.3, 0.4) is 0 Å². The molecule has 0 aliphatic carbocycles. The molecule has 0 spiro atoms. The molecule has 0 fully saturated rings. The van der Waals surface area contributed by atoms with E-state index in [-0.39, 0.29) is 31.7 Å². The molecule has 10 nitrogen and oxygen atoms in total. The van der Waals surface area contributed by atoms with Gasteiger partial charge in [-0.25, -0.2) is 0 Å². The number of amides is 3. The molecule has 0 aromatic heterocycles. The smallest absolute Gasteiger partial charge is 0.303 e. The number of rotatable bonds is 18. The zero-order valence-electron chi connectivity index (χ0n) is 23.4. The van der Waals surface area contributed by atoms with Gasteiger partial charge in [-0.15, -0.1) is 0 Å². The molecule has 10 heteroatoms. The van der Waals surface area contributed by atoms with Crippen molar-refractivity contribution in [3.8, 4) is 5.75 Å². The van der Waals surface area contributed by atoms with E-state index in [1.54, 1.807) is 0 Å². The summed E-state index contributed by atoms with van der Waals surface area (Å²) in [5, 5.41) is 17.2. The lowest BCUT2D eigenvalue weighted by molar-refractivity contribution is -0.137. The maximum absolute atomic E-state index is 13.3. The zero-order valence-corrected chi connectivity index (χ0v) is 23.4. The van der Waals surface area contributed by atoms with Gasteiger partial charge in [0.15, 0.2) is 0 Å². The molecule has 6 N–H and O–H groups in total. The van der Waals surface area contributed by atoms with Crippen LogP contribution in [0.2, 0.25) is 0 Å². The van der Waals surface area contributed by atoms with Crippen molar-refractivity contribution in [2.24, 2.45) is 5.73 Å². The fraction of sp³-hybridized carbons (Fsp3) is 0.467. The van der Waals surface area contributed by atoms with Crippen LogP contribution < -0.4 is 26.4 Å². The highest BCUT2D eigenvalue weighted by atomic mass is 16.5. The maximum atomic E-state index is 13.3. The third-order valence-corrected chi connectivity index (χ3v) is 6.42. The molecule has 0 saturated carbocycles. The van der Waals surface area contributed by atoms with Crippen LogP contribution in [0.4, 0.5) is 0 Å². The predicted octanol–water partition coefficient (Wildman–Crippen LogP) is 2.61. The van der Waals surface area contributed by atoms with Gasteiger partial charge in [-0.2, -0.15) is 0 Å². The molecule has 2 rings (SSSR count). The summed E-state index contributed by atoms with van der Waals surface area (Å²) in [5.41, 5.74) is 8.44. The van der Waals surface area contributed by atoms with Crippen molar-refractivity contribution in [1.29, 1.82) is 0 Å². The maximum Gasteiger partial charge on any atom is 0.303 e. The highest BCUT2D eigenvalue weighted by molar-refractivity contribution is 5.91. The van der Waals surface area contributed by atoms with Gasteiger partial charge in [0.1, 0.15) is 17.8 Å². The monoisotopic (exact) mass is 554 g/mol. The van der Waals surface area contributed by atoms with E-state index in [1.165, 1.54) is 6.92 Å². The lowest BCUT2D eigenvalue weighted by atomic mass is 10.0. The number of unbranched alkanes of at least 4 members (excludes halogenated alkanes) is 1. The molecular formula is C30H42N4O6. The van der Waals surface area contributed by atoms with Crippen molar-refractivity contribution in [1.82, 2.24) is 16.0 Å². The van der Waals surface area contributed by atoms with Crippen LogP contribution in [0.25, 0.3) is 0 Å². The number of nitrogens with two attached hydrogens (primary N) is 1. The average Bonchev–Trinajstić information content (AvgIpc) is 2.92. The third kappa shape index (κ3) is 12.3. The Morgan fingerprint density at radius 1 is 0.925 bits per heavy atom. The summed E-state index contributed by atoms with van der Waals surface area (Å²) < 4.78 is 5.81. The number of aryl methyl sites for hydroxylation is 2. The fourth-order valence-corrected chi connectivity index (χ4v) is 4.14. The molecule has 2 aromatic carbocycles. The molecule has 0 saturated heterocycles. The fourth-order valence-electron chi connectivity index (χ4n) is 4.14. The van der Waals surface area contributed by atoms with Gasteiger partial charge >= 0.3 is 5.97 Å². The Morgan fingerprint density at radius 2 is 1.65 bits per heavy atom. The molecule has 0 bridgehead atoms. The van der Waals surface area contributed by atoms with Gasteiger partial charge in [-0.3, -0.25) is 19.2 Å². The molecular weight excluding hydrogens is 512 g/mol. The van der Waals surface area contributed by atoms with Gasteiger partial charge in [-0.1, -0.05) is 36.4 Å². The summed E-state index contributed by atoms with van der Waals surface area (Å²) in [6, 6.07) is 13.5. The molecule has 0 aliphatic heterocycles. The lowest BCUT2D eigenvalue weighted by Crippen LogP contribution is -2.53. The molecule has 2 unspecified atom stereocenters. The Kier molecular flexibility index (Phi) is 14.2. The van der Waals surface area contributed by atoms with Crippen LogP contribution in [0.15, 0.2) is 48.5 Å². The highest BCUT2D eigenvalue weighted by Gasteiger charge is 2.26. The van der Waals surface area contributed by atoms with Gasteiger partial charge in [0.25, 0.3) is 0 Å². The van der Waals surface area contributed by atoms with Gasteiger partial charge in [0.05, 0.1) is 6.61 Å². The first-order chi connectivity index (χ1) is 19.2. The Labute approximate surface area is 236 Å². The summed E-state index contributed by atoms with van der Waals surface area (Å²) in [6.07, 6.45) is 2.85. The number of hydrogen-bond donors (Lipinski definition) is 5. The number of nitrogens with one attached hydrogen (secondary N) is 3.